The summed E-state index contributed by atoms with van der Waals surface area (Å²) in [6.45, 7) is 5.75. The highest BCUT2D eigenvalue weighted by atomic mass is 127. The molecule has 2 N–H and O–H groups in total. The van der Waals surface area contributed by atoms with Crippen LogP contribution in [0.4, 0.5) is 0 Å². The first-order valence-corrected chi connectivity index (χ1v) is 9.40. The molecule has 24 heavy (non-hydrogen) atoms. The summed E-state index contributed by atoms with van der Waals surface area (Å²) >= 11 is 8.92. The van der Waals surface area contributed by atoms with Crippen LogP contribution in [0.3, 0.4) is 0 Å². The molecule has 2 aromatic heterocycles. The quantitative estimate of drug-likeness (QED) is 0.359. The predicted octanol–water partition coefficient (Wildman–Crippen LogP) is 3.92. The number of aromatic nitrogens is 1. The lowest BCUT2D eigenvalue weighted by molar-refractivity contribution is 0.190. The molecule has 2 heterocycles. The number of aliphatic hydroxyl groups is 1. The Morgan fingerprint density at radius 2 is 2.25 bits per heavy atom. The molecule has 0 fully saturated rings. The highest BCUT2D eigenvalue weighted by Crippen LogP contribution is 2.27. The van der Waals surface area contributed by atoms with Gasteiger partial charge in [-0.1, -0.05) is 11.6 Å². The zero-order chi connectivity index (χ0) is 16.8. The Morgan fingerprint density at radius 3 is 2.79 bits per heavy atom. The van der Waals surface area contributed by atoms with Crippen LogP contribution in [-0.4, -0.2) is 41.1 Å². The minimum atomic E-state index is -0.643. The molecule has 0 aliphatic heterocycles. The van der Waals surface area contributed by atoms with Gasteiger partial charge in [-0.2, -0.15) is 0 Å². The Morgan fingerprint density at radius 1 is 1.50 bits per heavy atom. The molecule has 0 radical (unpaired) electrons. The minimum Gasteiger partial charge on any atom is -0.386 e. The van der Waals surface area contributed by atoms with Crippen molar-refractivity contribution >= 4 is 64.2 Å². The summed E-state index contributed by atoms with van der Waals surface area (Å²) in [4.78, 5) is 11.8. The van der Waals surface area contributed by atoms with Gasteiger partial charge in [0, 0.05) is 23.8 Å². The average molecular weight is 501 g/mol. The maximum absolute atomic E-state index is 10.2. The van der Waals surface area contributed by atoms with Crippen molar-refractivity contribution < 1.29 is 5.11 Å². The fourth-order valence-corrected chi connectivity index (χ4v) is 3.68. The summed E-state index contributed by atoms with van der Waals surface area (Å²) in [7, 11) is 1.96. The largest absolute Gasteiger partial charge is 0.386 e. The molecule has 0 aliphatic carbocycles. The van der Waals surface area contributed by atoms with E-state index in [0.29, 0.717) is 17.4 Å². The first-order chi connectivity index (χ1) is 11.0. The molecule has 0 spiro atoms. The topological polar surface area (TPSA) is 60.8 Å². The third kappa shape index (κ3) is 6.47. The normalized spacial score (nSPS) is 12.6. The molecule has 0 saturated heterocycles. The summed E-state index contributed by atoms with van der Waals surface area (Å²) < 4.78 is 0.672. The monoisotopic (exact) mass is 500 g/mol. The number of hydrogen-bond donors (Lipinski definition) is 2. The lowest BCUT2D eigenvalue weighted by Crippen LogP contribution is -2.38. The van der Waals surface area contributed by atoms with Gasteiger partial charge in [-0.3, -0.25) is 4.99 Å². The zero-order valence-electron chi connectivity index (χ0n) is 13.8. The molecule has 2 rings (SSSR count). The summed E-state index contributed by atoms with van der Waals surface area (Å²) in [6.07, 6.45) is -0.643. The summed E-state index contributed by atoms with van der Waals surface area (Å²) in [5, 5.41) is 16.6. The third-order valence-electron chi connectivity index (χ3n) is 3.10. The minimum absolute atomic E-state index is 0. The highest BCUT2D eigenvalue weighted by molar-refractivity contribution is 14.0. The number of aryl methyl sites for hydroxylation is 1. The molecular formula is C15H22ClIN4OS2. The number of hydrogen-bond acceptors (Lipinski definition) is 5. The van der Waals surface area contributed by atoms with E-state index in [-0.39, 0.29) is 24.0 Å². The number of aliphatic imine (C=N–C) groups is 1. The number of guanidine groups is 1. The van der Waals surface area contributed by atoms with Crippen LogP contribution < -0.4 is 5.32 Å². The molecule has 0 bridgehead atoms. The van der Waals surface area contributed by atoms with Crippen molar-refractivity contribution in [1.82, 2.24) is 15.2 Å². The van der Waals surface area contributed by atoms with Crippen LogP contribution in [0, 0.1) is 6.92 Å². The predicted molar refractivity (Wildman–Crippen MR) is 114 cm³/mol. The van der Waals surface area contributed by atoms with Gasteiger partial charge >= 0.3 is 0 Å². The van der Waals surface area contributed by atoms with Crippen LogP contribution in [-0.2, 0) is 6.54 Å². The molecule has 0 aliphatic rings. The van der Waals surface area contributed by atoms with Crippen molar-refractivity contribution in [2.45, 2.75) is 26.5 Å². The third-order valence-corrected chi connectivity index (χ3v) is 5.25. The van der Waals surface area contributed by atoms with Gasteiger partial charge in [-0.25, -0.2) is 4.98 Å². The zero-order valence-corrected chi connectivity index (χ0v) is 18.5. The van der Waals surface area contributed by atoms with Crippen LogP contribution in [0.15, 0.2) is 22.5 Å². The smallest absolute Gasteiger partial charge is 0.194 e. The summed E-state index contributed by atoms with van der Waals surface area (Å²) in [5.41, 5.74) is 1.02. The number of halogens is 2. The Bertz CT molecular complexity index is 661. The second-order valence-corrected chi connectivity index (χ2v) is 7.88. The summed E-state index contributed by atoms with van der Waals surface area (Å²) in [5.74, 6) is 0.750. The Hall–Kier alpha value is -0.420. The van der Waals surface area contributed by atoms with Gasteiger partial charge in [0.15, 0.2) is 5.96 Å². The molecule has 0 aromatic carbocycles. The van der Waals surface area contributed by atoms with E-state index in [1.807, 2.05) is 31.9 Å². The van der Waals surface area contributed by atoms with Crippen LogP contribution in [0.5, 0.6) is 0 Å². The van der Waals surface area contributed by atoms with Gasteiger partial charge in [0.05, 0.1) is 28.1 Å². The molecule has 9 heteroatoms. The van der Waals surface area contributed by atoms with Crippen LogP contribution in [0.2, 0.25) is 4.34 Å². The van der Waals surface area contributed by atoms with Crippen molar-refractivity contribution in [3.8, 4) is 0 Å². The first-order valence-electron chi connectivity index (χ1n) is 7.33. The number of nitrogens with zero attached hydrogens (tertiary/aromatic N) is 3. The van der Waals surface area contributed by atoms with E-state index in [9.17, 15) is 5.11 Å². The van der Waals surface area contributed by atoms with Gasteiger partial charge < -0.3 is 15.3 Å². The van der Waals surface area contributed by atoms with Gasteiger partial charge in [-0.15, -0.1) is 46.7 Å². The Kier molecular flexibility index (Phi) is 9.50. The van der Waals surface area contributed by atoms with Crippen LogP contribution in [0.25, 0.3) is 0 Å². The second-order valence-electron chi connectivity index (χ2n) is 5.07. The van der Waals surface area contributed by atoms with Crippen molar-refractivity contribution in [3.63, 3.8) is 0 Å². The van der Waals surface area contributed by atoms with E-state index in [1.54, 1.807) is 17.4 Å². The summed E-state index contributed by atoms with van der Waals surface area (Å²) in [6, 6.07) is 3.62. The second kappa shape index (κ2) is 10.5. The van der Waals surface area contributed by atoms with Gasteiger partial charge in [0.1, 0.15) is 6.10 Å². The molecule has 0 saturated carbocycles. The van der Waals surface area contributed by atoms with E-state index < -0.39 is 6.10 Å². The number of thiazole rings is 1. The molecule has 0 amide bonds. The lowest BCUT2D eigenvalue weighted by atomic mass is 10.3. The van der Waals surface area contributed by atoms with Crippen molar-refractivity contribution in [3.05, 3.63) is 37.4 Å². The molecule has 5 nitrogen and oxygen atoms in total. The molecule has 1 atom stereocenters. The van der Waals surface area contributed by atoms with Gasteiger partial charge in [-0.05, 0) is 26.0 Å². The molecule has 1 unspecified atom stereocenters. The van der Waals surface area contributed by atoms with Crippen LogP contribution in [0.1, 0.15) is 28.6 Å². The van der Waals surface area contributed by atoms with Crippen molar-refractivity contribution in [1.29, 1.82) is 0 Å². The average Bonchev–Trinajstić information content (AvgIpc) is 3.11. The number of nitrogens with one attached hydrogen (secondary N) is 1. The van der Waals surface area contributed by atoms with E-state index in [2.05, 4.69) is 20.7 Å². The van der Waals surface area contributed by atoms with Crippen molar-refractivity contribution in [2.24, 2.45) is 4.99 Å². The Balaban J connectivity index is 0.00000288. The van der Waals surface area contributed by atoms with Gasteiger partial charge in [0.25, 0.3) is 0 Å². The maximum Gasteiger partial charge on any atom is 0.194 e. The first kappa shape index (κ1) is 21.6. The highest BCUT2D eigenvalue weighted by Gasteiger charge is 2.12. The lowest BCUT2D eigenvalue weighted by Gasteiger charge is -2.21. The van der Waals surface area contributed by atoms with E-state index in [0.717, 1.165) is 28.1 Å². The number of thiophene rings is 1. The molecule has 2 aromatic rings. The number of rotatable bonds is 6. The van der Waals surface area contributed by atoms with E-state index in [1.165, 1.54) is 11.3 Å². The molecular weight excluding hydrogens is 479 g/mol. The van der Waals surface area contributed by atoms with Crippen molar-refractivity contribution in [2.75, 3.05) is 20.1 Å². The number of aliphatic hydroxyl groups excluding tert-OH is 1. The van der Waals surface area contributed by atoms with E-state index >= 15 is 0 Å². The van der Waals surface area contributed by atoms with Gasteiger partial charge in [0.2, 0.25) is 0 Å². The fraction of sp³-hybridized carbons (Fsp3) is 0.467. The maximum atomic E-state index is 10.2. The van der Waals surface area contributed by atoms with E-state index in [4.69, 9.17) is 11.6 Å². The molecule has 134 valence electrons. The Labute approximate surface area is 172 Å². The SMILES string of the molecule is CCNC(=NCC(O)c1ccc(Cl)s1)N(C)Cc1csc(C)n1.I. The standard InChI is InChI=1S/C15H21ClN4OS2.HI/c1-4-17-15(20(3)8-11-9-22-10(2)19-11)18-7-12(21)13-5-6-14(16)23-13;/h5-6,9,12,21H,4,7-8H2,1-3H3,(H,17,18);1H. The fourth-order valence-electron chi connectivity index (χ4n) is 2.04. The van der Waals surface area contributed by atoms with Crippen LogP contribution >= 0.6 is 58.3 Å².